The number of amides is 1. The fraction of sp³-hybridized carbons (Fsp3) is 0.407. The number of hydrogen-bond donors (Lipinski definition) is 1. The van der Waals surface area contributed by atoms with Gasteiger partial charge in [-0.1, -0.05) is 67.8 Å². The summed E-state index contributed by atoms with van der Waals surface area (Å²) in [4.78, 5) is 16.1. The van der Waals surface area contributed by atoms with Crippen molar-refractivity contribution in [3.8, 4) is 16.9 Å². The summed E-state index contributed by atoms with van der Waals surface area (Å²) in [6.45, 7) is 4.10. The number of ether oxygens (including phenoxy) is 1. The molecule has 1 saturated heterocycles. The Kier molecular flexibility index (Phi) is 6.55. The normalized spacial score (nSPS) is 18.7. The third-order valence-electron chi connectivity index (χ3n) is 7.07. The van der Waals surface area contributed by atoms with Crippen LogP contribution in [0.25, 0.3) is 16.9 Å². The lowest BCUT2D eigenvalue weighted by Crippen LogP contribution is -2.59. The number of nitrogens with zero attached hydrogens (tertiary/aromatic N) is 3. The molecule has 1 N–H and O–H groups in total. The molecule has 1 aliphatic heterocycles. The Bertz CT molecular complexity index is 1050. The SMILES string of the molecule is O=C(NCC1(N2CCOCC2)CCCCC1)c1cn(-c2ccccc2)nc1-c1ccccc1. The number of carbonyl (C=O) groups excluding carboxylic acids is 1. The van der Waals surface area contributed by atoms with Crippen molar-refractivity contribution < 1.29 is 9.53 Å². The summed E-state index contributed by atoms with van der Waals surface area (Å²) in [6.07, 6.45) is 7.82. The highest BCUT2D eigenvalue weighted by Gasteiger charge is 2.39. The van der Waals surface area contributed by atoms with Crippen LogP contribution in [0.3, 0.4) is 0 Å². The average molecular weight is 445 g/mol. The van der Waals surface area contributed by atoms with Gasteiger partial charge in [-0.05, 0) is 25.0 Å². The summed E-state index contributed by atoms with van der Waals surface area (Å²) in [6, 6.07) is 19.9. The molecule has 0 spiro atoms. The number of carbonyl (C=O) groups is 1. The van der Waals surface area contributed by atoms with Crippen LogP contribution in [0.4, 0.5) is 0 Å². The first-order valence-electron chi connectivity index (χ1n) is 12.1. The van der Waals surface area contributed by atoms with E-state index in [1.807, 2.05) is 66.9 Å². The Morgan fingerprint density at radius 2 is 1.61 bits per heavy atom. The monoisotopic (exact) mass is 444 g/mol. The standard InChI is InChI=1S/C27H32N4O2/c32-26(28-21-27(14-8-3-9-15-27)30-16-18-33-19-17-30)24-20-31(23-12-6-2-7-13-23)29-25(24)22-10-4-1-5-11-22/h1-2,4-7,10-13,20H,3,8-9,14-19,21H2,(H,28,32). The van der Waals surface area contributed by atoms with Crippen LogP contribution >= 0.6 is 0 Å². The maximum Gasteiger partial charge on any atom is 0.255 e. The Morgan fingerprint density at radius 3 is 2.30 bits per heavy atom. The first-order chi connectivity index (χ1) is 16.3. The van der Waals surface area contributed by atoms with Gasteiger partial charge in [-0.3, -0.25) is 9.69 Å². The van der Waals surface area contributed by atoms with Gasteiger partial charge in [-0.25, -0.2) is 4.68 Å². The Morgan fingerprint density at radius 1 is 0.939 bits per heavy atom. The molecular formula is C27H32N4O2. The van der Waals surface area contributed by atoms with Crippen molar-refractivity contribution in [3.63, 3.8) is 0 Å². The summed E-state index contributed by atoms with van der Waals surface area (Å²) in [5.41, 5.74) is 3.22. The second kappa shape index (κ2) is 9.89. The third kappa shape index (κ3) is 4.72. The van der Waals surface area contributed by atoms with Gasteiger partial charge in [0.15, 0.2) is 0 Å². The first-order valence-corrected chi connectivity index (χ1v) is 12.1. The highest BCUT2D eigenvalue weighted by atomic mass is 16.5. The van der Waals surface area contributed by atoms with E-state index >= 15 is 0 Å². The lowest BCUT2D eigenvalue weighted by Gasteiger charge is -2.48. The van der Waals surface area contributed by atoms with E-state index in [2.05, 4.69) is 10.2 Å². The average Bonchev–Trinajstić information content (AvgIpc) is 3.35. The zero-order chi connectivity index (χ0) is 22.5. The maximum atomic E-state index is 13.5. The van der Waals surface area contributed by atoms with Gasteiger partial charge in [0.25, 0.3) is 5.91 Å². The predicted octanol–water partition coefficient (Wildman–Crippen LogP) is 4.30. The van der Waals surface area contributed by atoms with Crippen LogP contribution in [0.15, 0.2) is 66.9 Å². The number of rotatable bonds is 6. The van der Waals surface area contributed by atoms with E-state index in [1.165, 1.54) is 19.3 Å². The molecule has 2 heterocycles. The van der Waals surface area contributed by atoms with E-state index < -0.39 is 0 Å². The number of aromatic nitrogens is 2. The molecule has 2 aliphatic rings. The molecule has 33 heavy (non-hydrogen) atoms. The molecule has 5 rings (SSSR count). The molecule has 172 valence electrons. The Hall–Kier alpha value is -2.96. The fourth-order valence-electron chi connectivity index (χ4n) is 5.25. The minimum absolute atomic E-state index is 0.0278. The van der Waals surface area contributed by atoms with Crippen molar-refractivity contribution in [1.82, 2.24) is 20.0 Å². The zero-order valence-electron chi connectivity index (χ0n) is 19.1. The van der Waals surface area contributed by atoms with Gasteiger partial charge in [0, 0.05) is 36.9 Å². The minimum Gasteiger partial charge on any atom is -0.379 e. The molecule has 0 unspecified atom stereocenters. The summed E-state index contributed by atoms with van der Waals surface area (Å²) in [5.74, 6) is -0.0609. The highest BCUT2D eigenvalue weighted by molar-refractivity contribution is 6.00. The van der Waals surface area contributed by atoms with E-state index in [1.54, 1.807) is 4.68 Å². The van der Waals surface area contributed by atoms with Crippen LogP contribution < -0.4 is 5.32 Å². The van der Waals surface area contributed by atoms with Crippen molar-refractivity contribution >= 4 is 5.91 Å². The van der Waals surface area contributed by atoms with Crippen LogP contribution in [0.5, 0.6) is 0 Å². The van der Waals surface area contributed by atoms with Gasteiger partial charge in [0.1, 0.15) is 5.69 Å². The molecule has 0 atom stereocenters. The molecule has 2 fully saturated rings. The second-order valence-corrected chi connectivity index (χ2v) is 9.10. The van der Waals surface area contributed by atoms with Crippen LogP contribution in [0.2, 0.25) is 0 Å². The van der Waals surface area contributed by atoms with Gasteiger partial charge in [0.05, 0.1) is 24.5 Å². The van der Waals surface area contributed by atoms with Gasteiger partial charge in [0.2, 0.25) is 0 Å². The Labute approximate surface area is 195 Å². The van der Waals surface area contributed by atoms with Crippen LogP contribution in [0.1, 0.15) is 42.5 Å². The van der Waals surface area contributed by atoms with E-state index in [-0.39, 0.29) is 11.4 Å². The third-order valence-corrected chi connectivity index (χ3v) is 7.07. The topological polar surface area (TPSA) is 59.4 Å². The van der Waals surface area contributed by atoms with E-state index in [9.17, 15) is 4.79 Å². The smallest absolute Gasteiger partial charge is 0.255 e. The molecule has 1 saturated carbocycles. The lowest BCUT2D eigenvalue weighted by molar-refractivity contribution is -0.0361. The molecule has 6 nitrogen and oxygen atoms in total. The number of nitrogens with one attached hydrogen (secondary N) is 1. The van der Waals surface area contributed by atoms with Crippen molar-refractivity contribution in [2.24, 2.45) is 0 Å². The molecule has 1 aromatic heterocycles. The molecule has 1 aliphatic carbocycles. The quantitative estimate of drug-likeness (QED) is 0.616. The largest absolute Gasteiger partial charge is 0.379 e. The maximum absolute atomic E-state index is 13.5. The van der Waals surface area contributed by atoms with Crippen LogP contribution in [0, 0.1) is 0 Å². The molecular weight excluding hydrogens is 412 g/mol. The second-order valence-electron chi connectivity index (χ2n) is 9.10. The molecule has 0 radical (unpaired) electrons. The van der Waals surface area contributed by atoms with E-state index in [0.717, 1.165) is 50.4 Å². The van der Waals surface area contributed by atoms with Gasteiger partial charge < -0.3 is 10.1 Å². The molecule has 0 bridgehead atoms. The minimum atomic E-state index is -0.0609. The van der Waals surface area contributed by atoms with Crippen molar-refractivity contribution in [1.29, 1.82) is 0 Å². The van der Waals surface area contributed by atoms with Crippen molar-refractivity contribution in [2.75, 3.05) is 32.8 Å². The summed E-state index contributed by atoms with van der Waals surface area (Å²) >= 11 is 0. The van der Waals surface area contributed by atoms with E-state index in [0.29, 0.717) is 17.8 Å². The number of para-hydroxylation sites is 1. The molecule has 1 amide bonds. The summed E-state index contributed by atoms with van der Waals surface area (Å²) in [7, 11) is 0. The highest BCUT2D eigenvalue weighted by Crippen LogP contribution is 2.34. The summed E-state index contributed by atoms with van der Waals surface area (Å²) < 4.78 is 7.40. The van der Waals surface area contributed by atoms with Gasteiger partial charge >= 0.3 is 0 Å². The summed E-state index contributed by atoms with van der Waals surface area (Å²) in [5, 5.41) is 8.11. The molecule has 3 aromatic rings. The van der Waals surface area contributed by atoms with Crippen LogP contribution in [-0.4, -0.2) is 59.0 Å². The fourth-order valence-corrected chi connectivity index (χ4v) is 5.25. The van der Waals surface area contributed by atoms with Gasteiger partial charge in [-0.15, -0.1) is 0 Å². The number of morpholine rings is 1. The number of benzene rings is 2. The van der Waals surface area contributed by atoms with E-state index in [4.69, 9.17) is 9.84 Å². The molecule has 2 aromatic carbocycles. The van der Waals surface area contributed by atoms with Crippen molar-refractivity contribution in [2.45, 2.75) is 37.6 Å². The molecule has 6 heteroatoms. The van der Waals surface area contributed by atoms with Crippen molar-refractivity contribution in [3.05, 3.63) is 72.4 Å². The van der Waals surface area contributed by atoms with Gasteiger partial charge in [-0.2, -0.15) is 5.10 Å². The first kappa shape index (κ1) is 21.9. The lowest BCUT2D eigenvalue weighted by atomic mass is 9.79. The number of hydrogen-bond acceptors (Lipinski definition) is 4. The Balaban J connectivity index is 1.42. The zero-order valence-corrected chi connectivity index (χ0v) is 19.1. The predicted molar refractivity (Wildman–Crippen MR) is 130 cm³/mol. The van der Waals surface area contributed by atoms with Crippen LogP contribution in [-0.2, 0) is 4.74 Å².